The molecular formula is C17H25F5N2O4Si. The first-order chi connectivity index (χ1) is 13.7. The van der Waals surface area contributed by atoms with Crippen molar-refractivity contribution in [2.75, 3.05) is 31.3 Å². The Bertz CT molecular complexity index is 665. The van der Waals surface area contributed by atoms with Crippen molar-refractivity contribution in [2.24, 2.45) is 5.73 Å². The first-order valence-corrected chi connectivity index (χ1v) is 11.1. The number of nitrogens with two attached hydrogens (primary N) is 1. The van der Waals surface area contributed by atoms with Crippen LogP contribution in [0.4, 0.5) is 32.4 Å². The zero-order valence-electron chi connectivity index (χ0n) is 16.5. The summed E-state index contributed by atoms with van der Waals surface area (Å²) in [4.78, 5) is 11.9. The first-order valence-electron chi connectivity index (χ1n) is 9.15. The highest BCUT2D eigenvalue weighted by Crippen LogP contribution is 2.30. The summed E-state index contributed by atoms with van der Waals surface area (Å²) in [6.45, 7) is 6.01. The minimum atomic E-state index is -2.97. The third-order valence-electron chi connectivity index (χ3n) is 3.93. The molecule has 166 valence electrons. The van der Waals surface area contributed by atoms with Gasteiger partial charge in [-0.3, -0.25) is 4.90 Å². The number of carbonyl (C=O) groups excluding carboxylic acids is 1. The van der Waals surface area contributed by atoms with Crippen molar-refractivity contribution >= 4 is 20.5 Å². The molecule has 0 radical (unpaired) electrons. The number of unbranched alkanes of at least 4 members (excludes halogenated alkanes) is 1. The normalized spacial score (nSPS) is 11.7. The molecule has 0 saturated heterocycles. The summed E-state index contributed by atoms with van der Waals surface area (Å²) in [7, 11) is -2.97. The predicted molar refractivity (Wildman–Crippen MR) is 97.8 cm³/mol. The maximum atomic E-state index is 14.0. The SMILES string of the molecule is CCO[Si](CCCCN(C(N)=O)c1c(F)c(F)c(F)c(F)c1F)(OCC)OCC. The van der Waals surface area contributed by atoms with Gasteiger partial charge in [-0.05, 0) is 33.6 Å². The lowest BCUT2D eigenvalue weighted by molar-refractivity contribution is 0.0707. The van der Waals surface area contributed by atoms with Crippen LogP contribution in [0.15, 0.2) is 0 Å². The molecule has 1 aromatic carbocycles. The van der Waals surface area contributed by atoms with Crippen molar-refractivity contribution in [1.82, 2.24) is 0 Å². The average Bonchev–Trinajstić information content (AvgIpc) is 2.67. The third-order valence-corrected chi connectivity index (χ3v) is 7.08. The molecule has 0 aliphatic rings. The van der Waals surface area contributed by atoms with Gasteiger partial charge in [-0.1, -0.05) is 0 Å². The summed E-state index contributed by atoms with van der Waals surface area (Å²) in [6.07, 6.45) is 0.468. The van der Waals surface area contributed by atoms with Gasteiger partial charge in [-0.2, -0.15) is 0 Å². The van der Waals surface area contributed by atoms with Crippen LogP contribution in [0.25, 0.3) is 0 Å². The van der Waals surface area contributed by atoms with E-state index in [1.807, 2.05) is 0 Å². The topological polar surface area (TPSA) is 74.0 Å². The Hall–Kier alpha value is -1.76. The van der Waals surface area contributed by atoms with E-state index in [0.717, 1.165) is 0 Å². The molecule has 0 bridgehead atoms. The minimum absolute atomic E-state index is 0.129. The number of hydrogen-bond acceptors (Lipinski definition) is 4. The Morgan fingerprint density at radius 1 is 0.828 bits per heavy atom. The van der Waals surface area contributed by atoms with Crippen LogP contribution < -0.4 is 10.6 Å². The second kappa shape index (κ2) is 11.4. The van der Waals surface area contributed by atoms with Gasteiger partial charge in [0.2, 0.25) is 5.82 Å². The highest BCUT2D eigenvalue weighted by molar-refractivity contribution is 6.60. The molecule has 2 amide bonds. The quantitative estimate of drug-likeness (QED) is 0.173. The van der Waals surface area contributed by atoms with Crippen molar-refractivity contribution in [1.29, 1.82) is 0 Å². The van der Waals surface area contributed by atoms with E-state index < -0.39 is 49.6 Å². The smallest absolute Gasteiger partial charge is 0.374 e. The Balaban J connectivity index is 2.97. The molecule has 12 heteroatoms. The number of primary amides is 1. The molecule has 1 aromatic rings. The monoisotopic (exact) mass is 444 g/mol. The number of rotatable bonds is 12. The number of amides is 2. The number of anilines is 1. The molecular weight excluding hydrogens is 419 g/mol. The van der Waals surface area contributed by atoms with Gasteiger partial charge in [-0.25, -0.2) is 26.7 Å². The van der Waals surface area contributed by atoms with Crippen molar-refractivity contribution in [3.8, 4) is 0 Å². The molecule has 6 nitrogen and oxygen atoms in total. The van der Waals surface area contributed by atoms with Crippen molar-refractivity contribution in [2.45, 2.75) is 39.7 Å². The molecule has 0 atom stereocenters. The van der Waals surface area contributed by atoms with E-state index in [2.05, 4.69) is 0 Å². The van der Waals surface area contributed by atoms with Gasteiger partial charge in [0.15, 0.2) is 23.3 Å². The summed E-state index contributed by atoms with van der Waals surface area (Å²) >= 11 is 0. The fraction of sp³-hybridized carbons (Fsp3) is 0.588. The van der Waals surface area contributed by atoms with E-state index in [-0.39, 0.29) is 13.0 Å². The number of benzene rings is 1. The molecule has 0 aliphatic heterocycles. The van der Waals surface area contributed by atoms with Crippen LogP contribution in [0.5, 0.6) is 0 Å². The second-order valence-corrected chi connectivity index (χ2v) is 8.58. The summed E-state index contributed by atoms with van der Waals surface area (Å²) < 4.78 is 85.1. The van der Waals surface area contributed by atoms with Crippen molar-refractivity contribution in [3.63, 3.8) is 0 Å². The molecule has 0 aromatic heterocycles. The standard InChI is InChI=1S/C17H25F5N2O4Si/c1-4-26-29(27-5-2,28-6-3)10-8-7-9-24(17(23)25)16-14(21)12(19)11(18)13(20)15(16)22/h4-10H2,1-3H3,(H2,23,25). The van der Waals surface area contributed by atoms with Gasteiger partial charge in [0.05, 0.1) is 0 Å². The summed E-state index contributed by atoms with van der Waals surface area (Å²) in [6, 6.07) is -1.01. The van der Waals surface area contributed by atoms with Crippen LogP contribution in [0, 0.1) is 29.1 Å². The molecule has 0 heterocycles. The van der Waals surface area contributed by atoms with E-state index >= 15 is 0 Å². The molecule has 1 rings (SSSR count). The van der Waals surface area contributed by atoms with Crippen LogP contribution in [0.3, 0.4) is 0 Å². The maximum absolute atomic E-state index is 14.0. The molecule has 0 unspecified atom stereocenters. The Morgan fingerprint density at radius 3 is 1.62 bits per heavy atom. The number of urea groups is 1. The van der Waals surface area contributed by atoms with E-state index in [1.54, 1.807) is 20.8 Å². The number of carbonyl (C=O) groups is 1. The Morgan fingerprint density at radius 2 is 1.24 bits per heavy atom. The molecule has 29 heavy (non-hydrogen) atoms. The molecule has 0 fully saturated rings. The fourth-order valence-electron chi connectivity index (χ4n) is 2.78. The summed E-state index contributed by atoms with van der Waals surface area (Å²) in [5, 5.41) is 0. The zero-order chi connectivity index (χ0) is 22.2. The van der Waals surface area contributed by atoms with E-state index in [1.165, 1.54) is 0 Å². The summed E-state index contributed by atoms with van der Waals surface area (Å²) in [5.74, 6) is -10.9. The maximum Gasteiger partial charge on any atom is 0.500 e. The van der Waals surface area contributed by atoms with Gasteiger partial charge in [0.25, 0.3) is 0 Å². The van der Waals surface area contributed by atoms with Crippen LogP contribution in [0.2, 0.25) is 6.04 Å². The molecule has 0 saturated carbocycles. The highest BCUT2D eigenvalue weighted by atomic mass is 28.4. The van der Waals surface area contributed by atoms with Crippen molar-refractivity contribution in [3.05, 3.63) is 29.1 Å². The van der Waals surface area contributed by atoms with Crippen molar-refractivity contribution < 1.29 is 40.0 Å². The van der Waals surface area contributed by atoms with Gasteiger partial charge in [0.1, 0.15) is 5.69 Å². The average molecular weight is 444 g/mol. The lowest BCUT2D eigenvalue weighted by atomic mass is 10.2. The van der Waals surface area contributed by atoms with Gasteiger partial charge < -0.3 is 19.0 Å². The fourth-order valence-corrected chi connectivity index (χ4v) is 5.46. The number of halogens is 5. The Kier molecular flexibility index (Phi) is 9.96. The molecule has 0 spiro atoms. The van der Waals surface area contributed by atoms with Gasteiger partial charge in [0, 0.05) is 32.4 Å². The van der Waals surface area contributed by atoms with E-state index in [4.69, 9.17) is 19.0 Å². The van der Waals surface area contributed by atoms with Gasteiger partial charge >= 0.3 is 14.8 Å². The lowest BCUT2D eigenvalue weighted by Crippen LogP contribution is -2.46. The van der Waals surface area contributed by atoms with E-state index in [0.29, 0.717) is 37.2 Å². The van der Waals surface area contributed by atoms with Crippen LogP contribution >= 0.6 is 0 Å². The highest BCUT2D eigenvalue weighted by Gasteiger charge is 2.39. The van der Waals surface area contributed by atoms with Crippen LogP contribution in [-0.2, 0) is 13.3 Å². The number of hydrogen-bond donors (Lipinski definition) is 1. The lowest BCUT2D eigenvalue weighted by Gasteiger charge is -2.29. The third kappa shape index (κ3) is 6.11. The van der Waals surface area contributed by atoms with Crippen LogP contribution in [0.1, 0.15) is 33.6 Å². The van der Waals surface area contributed by atoms with Gasteiger partial charge in [-0.15, -0.1) is 0 Å². The van der Waals surface area contributed by atoms with Crippen LogP contribution in [-0.4, -0.2) is 41.2 Å². The first kappa shape index (κ1) is 25.3. The predicted octanol–water partition coefficient (Wildman–Crippen LogP) is 4.10. The summed E-state index contributed by atoms with van der Waals surface area (Å²) in [5.41, 5.74) is 3.73. The number of nitrogens with zero attached hydrogens (tertiary/aromatic N) is 1. The Labute approximate surface area is 167 Å². The minimum Gasteiger partial charge on any atom is -0.374 e. The second-order valence-electron chi connectivity index (χ2n) is 5.85. The molecule has 2 N–H and O–H groups in total. The molecule has 0 aliphatic carbocycles. The zero-order valence-corrected chi connectivity index (χ0v) is 17.5. The largest absolute Gasteiger partial charge is 0.500 e. The van der Waals surface area contributed by atoms with E-state index in [9.17, 15) is 26.7 Å².